The first-order valence-electron chi connectivity index (χ1n) is 5.66. The molecule has 1 aromatic carbocycles. The van der Waals surface area contributed by atoms with Crippen molar-refractivity contribution in [3.63, 3.8) is 0 Å². The number of hydrogen-bond acceptors (Lipinski definition) is 4. The molecule has 5 heteroatoms. The summed E-state index contributed by atoms with van der Waals surface area (Å²) in [5.74, 6) is -0.258. The van der Waals surface area contributed by atoms with Gasteiger partial charge in [-0.05, 0) is 29.8 Å². The van der Waals surface area contributed by atoms with Gasteiger partial charge >= 0.3 is 0 Å². The SMILES string of the molecule is Nc1nc(-c2ccncc2)c(-c2ccc(F)cc2)s1. The van der Waals surface area contributed by atoms with Gasteiger partial charge in [0, 0.05) is 18.0 Å². The second-order valence-electron chi connectivity index (χ2n) is 3.97. The van der Waals surface area contributed by atoms with Crippen LogP contribution in [0.5, 0.6) is 0 Å². The average molecular weight is 271 g/mol. The van der Waals surface area contributed by atoms with E-state index in [1.165, 1.54) is 23.5 Å². The zero-order chi connectivity index (χ0) is 13.2. The van der Waals surface area contributed by atoms with Crippen LogP contribution in [-0.2, 0) is 0 Å². The predicted octanol–water partition coefficient (Wildman–Crippen LogP) is 3.59. The summed E-state index contributed by atoms with van der Waals surface area (Å²) in [6.45, 7) is 0. The van der Waals surface area contributed by atoms with E-state index in [2.05, 4.69) is 9.97 Å². The number of halogens is 1. The lowest BCUT2D eigenvalue weighted by molar-refractivity contribution is 0.628. The number of hydrogen-bond donors (Lipinski definition) is 1. The van der Waals surface area contributed by atoms with Gasteiger partial charge in [0.15, 0.2) is 5.13 Å². The molecule has 0 saturated heterocycles. The zero-order valence-corrected chi connectivity index (χ0v) is 10.7. The zero-order valence-electron chi connectivity index (χ0n) is 9.88. The fourth-order valence-corrected chi connectivity index (χ4v) is 2.70. The van der Waals surface area contributed by atoms with Crippen LogP contribution < -0.4 is 5.73 Å². The van der Waals surface area contributed by atoms with E-state index < -0.39 is 0 Å². The molecule has 0 saturated carbocycles. The Morgan fingerprint density at radius 2 is 1.63 bits per heavy atom. The van der Waals surface area contributed by atoms with Crippen molar-refractivity contribution >= 4 is 16.5 Å². The second-order valence-corrected chi connectivity index (χ2v) is 5.00. The quantitative estimate of drug-likeness (QED) is 0.775. The van der Waals surface area contributed by atoms with Crippen LogP contribution in [0.2, 0.25) is 0 Å². The molecule has 19 heavy (non-hydrogen) atoms. The molecule has 0 fully saturated rings. The molecule has 3 nitrogen and oxygen atoms in total. The van der Waals surface area contributed by atoms with Gasteiger partial charge < -0.3 is 5.73 Å². The molecule has 0 atom stereocenters. The van der Waals surface area contributed by atoms with E-state index in [0.29, 0.717) is 5.13 Å². The Morgan fingerprint density at radius 3 is 2.32 bits per heavy atom. The lowest BCUT2D eigenvalue weighted by atomic mass is 10.1. The van der Waals surface area contributed by atoms with Gasteiger partial charge in [0.1, 0.15) is 5.82 Å². The van der Waals surface area contributed by atoms with Crippen LogP contribution in [0.25, 0.3) is 21.7 Å². The molecule has 0 spiro atoms. The lowest BCUT2D eigenvalue weighted by Gasteiger charge is -2.02. The van der Waals surface area contributed by atoms with Crippen molar-refractivity contribution in [2.75, 3.05) is 5.73 Å². The molecule has 0 amide bonds. The molecule has 0 aliphatic rings. The van der Waals surface area contributed by atoms with Gasteiger partial charge in [-0.15, -0.1) is 0 Å². The number of nitrogen functional groups attached to an aromatic ring is 1. The Morgan fingerprint density at radius 1 is 0.947 bits per heavy atom. The molecule has 0 unspecified atom stereocenters. The monoisotopic (exact) mass is 271 g/mol. The Kier molecular flexibility index (Phi) is 2.97. The smallest absolute Gasteiger partial charge is 0.181 e. The van der Waals surface area contributed by atoms with Crippen LogP contribution in [0.4, 0.5) is 9.52 Å². The maximum Gasteiger partial charge on any atom is 0.181 e. The van der Waals surface area contributed by atoms with Gasteiger partial charge in [-0.1, -0.05) is 23.5 Å². The number of aromatic nitrogens is 2. The first kappa shape index (κ1) is 11.8. The Labute approximate surface area is 113 Å². The summed E-state index contributed by atoms with van der Waals surface area (Å²) < 4.78 is 13.0. The van der Waals surface area contributed by atoms with Gasteiger partial charge in [0.25, 0.3) is 0 Å². The number of nitrogens with zero attached hydrogens (tertiary/aromatic N) is 2. The first-order chi connectivity index (χ1) is 9.24. The van der Waals surface area contributed by atoms with Gasteiger partial charge in [-0.3, -0.25) is 4.98 Å². The maximum atomic E-state index is 13.0. The van der Waals surface area contributed by atoms with Crippen LogP contribution in [0.1, 0.15) is 0 Å². The van der Waals surface area contributed by atoms with Crippen LogP contribution in [0.3, 0.4) is 0 Å². The Balaban J connectivity index is 2.15. The maximum absolute atomic E-state index is 13.0. The predicted molar refractivity (Wildman–Crippen MR) is 75.2 cm³/mol. The number of pyridine rings is 1. The molecule has 2 N–H and O–H groups in total. The molecule has 2 heterocycles. The van der Waals surface area contributed by atoms with E-state index >= 15 is 0 Å². The third kappa shape index (κ3) is 2.32. The summed E-state index contributed by atoms with van der Waals surface area (Å²) in [5, 5.41) is 0.492. The fraction of sp³-hybridized carbons (Fsp3) is 0. The standard InChI is InChI=1S/C14H10FN3S/c15-11-3-1-10(2-4-11)13-12(18-14(16)19-13)9-5-7-17-8-6-9/h1-8H,(H2,16,18). The minimum atomic E-state index is -0.258. The highest BCUT2D eigenvalue weighted by Crippen LogP contribution is 2.37. The number of benzene rings is 1. The van der Waals surface area contributed by atoms with Gasteiger partial charge in [-0.2, -0.15) is 0 Å². The number of anilines is 1. The molecular formula is C14H10FN3S. The van der Waals surface area contributed by atoms with Crippen molar-refractivity contribution in [1.82, 2.24) is 9.97 Å². The van der Waals surface area contributed by atoms with Gasteiger partial charge in [0.2, 0.25) is 0 Å². The molecule has 2 aromatic heterocycles. The third-order valence-electron chi connectivity index (χ3n) is 2.70. The number of rotatable bonds is 2. The summed E-state index contributed by atoms with van der Waals surface area (Å²) in [7, 11) is 0. The fourth-order valence-electron chi connectivity index (χ4n) is 1.84. The summed E-state index contributed by atoms with van der Waals surface area (Å²) in [6, 6.07) is 10.1. The van der Waals surface area contributed by atoms with E-state index in [1.54, 1.807) is 24.5 Å². The topological polar surface area (TPSA) is 51.8 Å². The summed E-state index contributed by atoms with van der Waals surface area (Å²) in [6.07, 6.45) is 3.42. The Bertz CT molecular complexity index is 692. The van der Waals surface area contributed by atoms with E-state index in [0.717, 1.165) is 21.7 Å². The molecule has 3 aromatic rings. The number of nitrogens with two attached hydrogens (primary N) is 1. The van der Waals surface area contributed by atoms with Crippen LogP contribution in [0.15, 0.2) is 48.8 Å². The van der Waals surface area contributed by atoms with Crippen LogP contribution in [-0.4, -0.2) is 9.97 Å². The van der Waals surface area contributed by atoms with E-state index in [1.807, 2.05) is 12.1 Å². The van der Waals surface area contributed by atoms with E-state index in [4.69, 9.17) is 5.73 Å². The molecule has 3 rings (SSSR count). The third-order valence-corrected chi connectivity index (χ3v) is 3.64. The minimum absolute atomic E-state index is 0.258. The molecule has 0 aliphatic heterocycles. The highest BCUT2D eigenvalue weighted by Gasteiger charge is 2.13. The largest absolute Gasteiger partial charge is 0.375 e. The van der Waals surface area contributed by atoms with Crippen molar-refractivity contribution in [1.29, 1.82) is 0 Å². The highest BCUT2D eigenvalue weighted by atomic mass is 32.1. The van der Waals surface area contributed by atoms with Gasteiger partial charge in [0.05, 0.1) is 10.6 Å². The van der Waals surface area contributed by atoms with Crippen molar-refractivity contribution < 1.29 is 4.39 Å². The normalized spacial score (nSPS) is 10.6. The van der Waals surface area contributed by atoms with Crippen molar-refractivity contribution in [2.24, 2.45) is 0 Å². The molecule has 0 radical (unpaired) electrons. The molecular weight excluding hydrogens is 261 g/mol. The van der Waals surface area contributed by atoms with E-state index in [9.17, 15) is 4.39 Å². The Hall–Kier alpha value is -2.27. The highest BCUT2D eigenvalue weighted by molar-refractivity contribution is 7.19. The molecule has 0 bridgehead atoms. The lowest BCUT2D eigenvalue weighted by Crippen LogP contribution is -1.85. The van der Waals surface area contributed by atoms with Crippen molar-refractivity contribution in [3.8, 4) is 21.7 Å². The van der Waals surface area contributed by atoms with Crippen LogP contribution in [0, 0.1) is 5.82 Å². The van der Waals surface area contributed by atoms with Crippen molar-refractivity contribution in [2.45, 2.75) is 0 Å². The summed E-state index contributed by atoms with van der Waals surface area (Å²) >= 11 is 1.39. The van der Waals surface area contributed by atoms with Crippen LogP contribution >= 0.6 is 11.3 Å². The average Bonchev–Trinajstić information content (AvgIpc) is 2.83. The van der Waals surface area contributed by atoms with Crippen molar-refractivity contribution in [3.05, 3.63) is 54.6 Å². The summed E-state index contributed by atoms with van der Waals surface area (Å²) in [4.78, 5) is 9.27. The second kappa shape index (κ2) is 4.78. The number of thiazole rings is 1. The van der Waals surface area contributed by atoms with Gasteiger partial charge in [-0.25, -0.2) is 9.37 Å². The minimum Gasteiger partial charge on any atom is -0.375 e. The first-order valence-corrected chi connectivity index (χ1v) is 6.48. The summed E-state index contributed by atoms with van der Waals surface area (Å²) in [5.41, 5.74) is 8.46. The molecule has 0 aliphatic carbocycles. The molecule has 94 valence electrons. The van der Waals surface area contributed by atoms with E-state index in [-0.39, 0.29) is 5.82 Å².